The second-order valence-electron chi connectivity index (χ2n) is 8.22. The summed E-state index contributed by atoms with van der Waals surface area (Å²) in [6.45, 7) is 7.96. The molecule has 4 rings (SSSR count). The molecule has 1 aromatic carbocycles. The van der Waals surface area contributed by atoms with E-state index in [4.69, 9.17) is 5.73 Å². The minimum atomic E-state index is 0.123. The van der Waals surface area contributed by atoms with Gasteiger partial charge in [-0.05, 0) is 79.9 Å². The molecule has 0 spiro atoms. The Labute approximate surface area is 172 Å². The number of carbonyl (C=O) groups is 1. The predicted octanol–water partition coefficient (Wildman–Crippen LogP) is 3.93. The molecule has 5 heteroatoms. The van der Waals surface area contributed by atoms with E-state index < -0.39 is 0 Å². The highest BCUT2D eigenvalue weighted by atomic mass is 32.1. The Morgan fingerprint density at radius 2 is 2.04 bits per heavy atom. The lowest BCUT2D eigenvalue weighted by Crippen LogP contribution is -2.31. The number of amides is 1. The van der Waals surface area contributed by atoms with Gasteiger partial charge in [0.25, 0.3) is 5.91 Å². The van der Waals surface area contributed by atoms with Crippen LogP contribution in [-0.2, 0) is 6.42 Å². The number of carbonyl (C=O) groups excluding carboxylic acids is 1. The van der Waals surface area contributed by atoms with Crippen LogP contribution in [0.1, 0.15) is 58.5 Å². The van der Waals surface area contributed by atoms with Crippen LogP contribution in [0.15, 0.2) is 24.3 Å². The van der Waals surface area contributed by atoms with E-state index in [9.17, 15) is 4.79 Å². The molecule has 2 fully saturated rings. The molecule has 1 atom stereocenters. The summed E-state index contributed by atoms with van der Waals surface area (Å²) in [5, 5.41) is 3.45. The van der Waals surface area contributed by atoms with Crippen molar-refractivity contribution in [1.82, 2.24) is 10.2 Å². The van der Waals surface area contributed by atoms with Crippen LogP contribution in [-0.4, -0.2) is 43.0 Å². The van der Waals surface area contributed by atoms with Gasteiger partial charge >= 0.3 is 0 Å². The van der Waals surface area contributed by atoms with Crippen molar-refractivity contribution in [3.8, 4) is 10.4 Å². The fourth-order valence-electron chi connectivity index (χ4n) is 4.50. The molecule has 28 heavy (non-hydrogen) atoms. The Morgan fingerprint density at radius 3 is 2.71 bits per heavy atom. The second-order valence-corrected chi connectivity index (χ2v) is 9.27. The molecule has 0 bridgehead atoms. The molecule has 0 radical (unpaired) electrons. The highest BCUT2D eigenvalue weighted by Gasteiger charge is 2.27. The topological polar surface area (TPSA) is 58.4 Å². The van der Waals surface area contributed by atoms with E-state index in [-0.39, 0.29) is 11.9 Å². The van der Waals surface area contributed by atoms with Crippen molar-refractivity contribution >= 4 is 17.2 Å². The van der Waals surface area contributed by atoms with Crippen LogP contribution in [0, 0.1) is 6.92 Å². The third-order valence-electron chi connectivity index (χ3n) is 6.21. The van der Waals surface area contributed by atoms with Crippen molar-refractivity contribution in [2.24, 2.45) is 5.73 Å². The Morgan fingerprint density at radius 1 is 1.25 bits per heavy atom. The molecule has 1 aromatic heterocycles. The van der Waals surface area contributed by atoms with Gasteiger partial charge in [0, 0.05) is 24.0 Å². The Hall–Kier alpha value is -1.69. The smallest absolute Gasteiger partial charge is 0.264 e. The molecule has 2 aliphatic heterocycles. The van der Waals surface area contributed by atoms with E-state index >= 15 is 0 Å². The minimum absolute atomic E-state index is 0.123. The van der Waals surface area contributed by atoms with Crippen molar-refractivity contribution in [2.75, 3.05) is 26.2 Å². The molecule has 0 saturated carbocycles. The summed E-state index contributed by atoms with van der Waals surface area (Å²) < 4.78 is 0. The molecular formula is C23H31N3OS. The Balaban J connectivity index is 1.61. The van der Waals surface area contributed by atoms with Crippen molar-refractivity contribution in [3.63, 3.8) is 0 Å². The summed E-state index contributed by atoms with van der Waals surface area (Å²) in [4.78, 5) is 16.9. The van der Waals surface area contributed by atoms with E-state index in [0.717, 1.165) is 42.9 Å². The van der Waals surface area contributed by atoms with Crippen LogP contribution in [0.25, 0.3) is 10.4 Å². The lowest BCUT2D eigenvalue weighted by molar-refractivity contribution is 0.0795. The first kappa shape index (κ1) is 19.6. The highest BCUT2D eigenvalue weighted by molar-refractivity contribution is 7.17. The van der Waals surface area contributed by atoms with Crippen LogP contribution in [0.3, 0.4) is 0 Å². The molecule has 0 unspecified atom stereocenters. The number of hydrogen-bond acceptors (Lipinski definition) is 4. The first-order chi connectivity index (χ1) is 13.6. The van der Waals surface area contributed by atoms with Gasteiger partial charge in [-0.3, -0.25) is 4.79 Å². The van der Waals surface area contributed by atoms with E-state index in [1.807, 2.05) is 4.90 Å². The molecule has 2 saturated heterocycles. The zero-order valence-electron chi connectivity index (χ0n) is 17.0. The zero-order chi connectivity index (χ0) is 19.7. The van der Waals surface area contributed by atoms with Gasteiger partial charge in [-0.25, -0.2) is 0 Å². The summed E-state index contributed by atoms with van der Waals surface area (Å²) in [5.41, 5.74) is 11.2. The maximum Gasteiger partial charge on any atom is 0.264 e. The third-order valence-corrected chi connectivity index (χ3v) is 7.47. The van der Waals surface area contributed by atoms with E-state index in [2.05, 4.69) is 43.4 Å². The van der Waals surface area contributed by atoms with Gasteiger partial charge in [0.1, 0.15) is 0 Å². The average Bonchev–Trinajstić information content (AvgIpc) is 3.33. The van der Waals surface area contributed by atoms with Gasteiger partial charge in [-0.1, -0.05) is 25.1 Å². The first-order valence-corrected chi connectivity index (χ1v) is 11.4. The highest BCUT2D eigenvalue weighted by Crippen LogP contribution is 2.37. The number of aryl methyl sites for hydroxylation is 2. The summed E-state index contributed by atoms with van der Waals surface area (Å²) in [5.74, 6) is 0.813. The van der Waals surface area contributed by atoms with Crippen molar-refractivity contribution in [1.29, 1.82) is 0 Å². The number of piperidine rings is 1. The number of likely N-dealkylation sites (tertiary alicyclic amines) is 1. The van der Waals surface area contributed by atoms with Gasteiger partial charge in [0.05, 0.1) is 4.88 Å². The Kier molecular flexibility index (Phi) is 5.85. The summed E-state index contributed by atoms with van der Waals surface area (Å²) in [7, 11) is 0. The van der Waals surface area contributed by atoms with Gasteiger partial charge < -0.3 is 16.0 Å². The molecule has 0 aliphatic carbocycles. The molecule has 150 valence electrons. The lowest BCUT2D eigenvalue weighted by Gasteiger charge is -2.24. The molecule has 4 nitrogen and oxygen atoms in total. The van der Waals surface area contributed by atoms with Gasteiger partial charge in [-0.2, -0.15) is 0 Å². The maximum absolute atomic E-state index is 12.9. The van der Waals surface area contributed by atoms with Gasteiger partial charge in [0.15, 0.2) is 0 Å². The summed E-state index contributed by atoms with van der Waals surface area (Å²) in [6.07, 6.45) is 4.35. The van der Waals surface area contributed by atoms with Crippen LogP contribution in [0.4, 0.5) is 0 Å². The van der Waals surface area contributed by atoms with E-state index in [1.54, 1.807) is 11.3 Å². The lowest BCUT2D eigenvalue weighted by atomic mass is 9.87. The molecule has 3 N–H and O–H groups in total. The van der Waals surface area contributed by atoms with Crippen molar-refractivity contribution in [3.05, 3.63) is 45.8 Å². The Bertz CT molecular complexity index is 854. The van der Waals surface area contributed by atoms with Gasteiger partial charge in [0.2, 0.25) is 0 Å². The van der Waals surface area contributed by atoms with Crippen LogP contribution >= 0.6 is 11.3 Å². The molecular weight excluding hydrogens is 366 g/mol. The first-order valence-electron chi connectivity index (χ1n) is 10.6. The number of benzene rings is 1. The number of rotatable bonds is 4. The fraction of sp³-hybridized carbons (Fsp3) is 0.522. The van der Waals surface area contributed by atoms with Crippen molar-refractivity contribution < 1.29 is 4.79 Å². The van der Waals surface area contributed by atoms with Crippen LogP contribution in [0.2, 0.25) is 0 Å². The van der Waals surface area contributed by atoms with E-state index in [0.29, 0.717) is 12.5 Å². The van der Waals surface area contributed by atoms with Crippen LogP contribution in [0.5, 0.6) is 0 Å². The largest absolute Gasteiger partial charge is 0.336 e. The van der Waals surface area contributed by atoms with Crippen LogP contribution < -0.4 is 11.1 Å². The molecule has 3 heterocycles. The number of hydrogen-bond donors (Lipinski definition) is 2. The SMILES string of the molecule is CCc1cc(C2CCNCC2)ccc1-c1cc(C)c(C(=O)N2CC[C@H](N)C2)s1. The summed E-state index contributed by atoms with van der Waals surface area (Å²) in [6, 6.07) is 9.30. The number of thiophene rings is 1. The quantitative estimate of drug-likeness (QED) is 0.822. The third kappa shape index (κ3) is 3.88. The zero-order valence-corrected chi connectivity index (χ0v) is 17.8. The number of nitrogens with zero attached hydrogens (tertiary/aromatic N) is 1. The number of nitrogens with two attached hydrogens (primary N) is 1. The normalized spacial score (nSPS) is 20.7. The molecule has 1 amide bonds. The monoisotopic (exact) mass is 397 g/mol. The summed E-state index contributed by atoms with van der Waals surface area (Å²) >= 11 is 1.64. The van der Waals surface area contributed by atoms with Gasteiger partial charge in [-0.15, -0.1) is 11.3 Å². The van der Waals surface area contributed by atoms with E-state index in [1.165, 1.54) is 34.4 Å². The molecule has 2 aliphatic rings. The average molecular weight is 398 g/mol. The second kappa shape index (κ2) is 8.36. The fourth-order valence-corrected chi connectivity index (χ4v) is 5.70. The van der Waals surface area contributed by atoms with Crippen molar-refractivity contribution in [2.45, 2.75) is 51.5 Å². The minimum Gasteiger partial charge on any atom is -0.336 e. The predicted molar refractivity (Wildman–Crippen MR) is 117 cm³/mol. The maximum atomic E-state index is 12.9. The molecule has 2 aromatic rings. The number of nitrogens with one attached hydrogen (secondary N) is 1. The standard InChI is InChI=1S/C23H31N3OS/c1-3-16-13-18(17-6-9-25-10-7-17)4-5-20(16)21-12-15(2)22(28-21)23(27)26-11-8-19(24)14-26/h4-5,12-13,17,19,25H,3,6-11,14,24H2,1-2H3/t19-/m0/s1.